The average Bonchev–Trinajstić information content (AvgIpc) is 2.68. The van der Waals surface area contributed by atoms with E-state index in [-0.39, 0.29) is 11.5 Å². The molecule has 4 heteroatoms. The normalized spacial score (nSPS) is 10.9. The summed E-state index contributed by atoms with van der Waals surface area (Å²) in [5, 5.41) is 9.33. The lowest BCUT2D eigenvalue weighted by Gasteiger charge is -2.12. The Kier molecular flexibility index (Phi) is 8.43. The van der Waals surface area contributed by atoms with Crippen LogP contribution in [0, 0.1) is 0 Å². The Morgan fingerprint density at radius 3 is 2.30 bits per heavy atom. The van der Waals surface area contributed by atoms with Crippen LogP contribution in [0.15, 0.2) is 48.5 Å². The van der Waals surface area contributed by atoms with Crippen LogP contribution in [-0.2, 0) is 0 Å². The van der Waals surface area contributed by atoms with E-state index >= 15 is 0 Å². The van der Waals surface area contributed by atoms with Crippen molar-refractivity contribution in [3.05, 3.63) is 59.7 Å². The zero-order valence-corrected chi connectivity index (χ0v) is 16.1. The van der Waals surface area contributed by atoms with E-state index < -0.39 is 0 Å². The molecule has 0 aliphatic heterocycles. The molecule has 2 rings (SSSR count). The van der Waals surface area contributed by atoms with Gasteiger partial charge in [0.05, 0.1) is 13.2 Å². The number of rotatable bonds is 11. The van der Waals surface area contributed by atoms with Crippen LogP contribution in [0.1, 0.15) is 55.5 Å². The van der Waals surface area contributed by atoms with E-state index in [4.69, 9.17) is 9.47 Å². The molecule has 0 radical (unpaired) electrons. The number of carbonyl (C=O) groups excluding carboxylic acids is 1. The number of phenols is 1. The number of aromatic hydroxyl groups is 1. The van der Waals surface area contributed by atoms with Crippen LogP contribution in [-0.4, -0.2) is 24.1 Å². The first-order chi connectivity index (χ1) is 13.1. The van der Waals surface area contributed by atoms with Gasteiger partial charge in [0, 0.05) is 17.2 Å². The first kappa shape index (κ1) is 20.6. The van der Waals surface area contributed by atoms with Gasteiger partial charge in [-0.15, -0.1) is 0 Å². The molecule has 0 saturated carbocycles. The molecule has 1 N–H and O–H groups in total. The third-order valence-electron chi connectivity index (χ3n) is 4.07. The second-order valence-electron chi connectivity index (χ2n) is 6.35. The van der Waals surface area contributed by atoms with E-state index in [0.717, 1.165) is 37.0 Å². The summed E-state index contributed by atoms with van der Waals surface area (Å²) < 4.78 is 11.7. The van der Waals surface area contributed by atoms with Gasteiger partial charge in [0.1, 0.15) is 17.2 Å². The van der Waals surface area contributed by atoms with Gasteiger partial charge in [-0.3, -0.25) is 4.79 Å². The van der Waals surface area contributed by atoms with E-state index in [2.05, 4.69) is 13.8 Å². The number of ketones is 1. The summed E-state index contributed by atoms with van der Waals surface area (Å²) in [6.07, 6.45) is 7.39. The van der Waals surface area contributed by atoms with Crippen molar-refractivity contribution in [3.8, 4) is 17.2 Å². The van der Waals surface area contributed by atoms with Gasteiger partial charge in [-0.05, 0) is 61.4 Å². The highest BCUT2D eigenvalue weighted by Crippen LogP contribution is 2.27. The lowest BCUT2D eigenvalue weighted by atomic mass is 10.1. The highest BCUT2D eigenvalue weighted by molar-refractivity contribution is 6.07. The summed E-state index contributed by atoms with van der Waals surface area (Å²) in [4.78, 5) is 12.3. The quantitative estimate of drug-likeness (QED) is 0.316. The number of ether oxygens (including phenoxy) is 2. The molecule has 0 aliphatic carbocycles. The fraction of sp³-hybridized carbons (Fsp3) is 0.348. The molecule has 0 amide bonds. The fourth-order valence-electron chi connectivity index (χ4n) is 2.42. The van der Waals surface area contributed by atoms with Crippen LogP contribution in [0.3, 0.4) is 0 Å². The Balaban J connectivity index is 2.14. The minimum absolute atomic E-state index is 0.127. The third-order valence-corrected chi connectivity index (χ3v) is 4.07. The van der Waals surface area contributed by atoms with Crippen LogP contribution < -0.4 is 9.47 Å². The van der Waals surface area contributed by atoms with Crippen molar-refractivity contribution in [1.29, 1.82) is 0 Å². The molecule has 0 aromatic heterocycles. The molecule has 4 nitrogen and oxygen atoms in total. The van der Waals surface area contributed by atoms with Crippen molar-refractivity contribution in [3.63, 3.8) is 0 Å². The molecular weight excluding hydrogens is 340 g/mol. The van der Waals surface area contributed by atoms with Gasteiger partial charge in [0.2, 0.25) is 0 Å². The molecule has 0 fully saturated rings. The fourth-order valence-corrected chi connectivity index (χ4v) is 2.42. The van der Waals surface area contributed by atoms with Gasteiger partial charge in [-0.1, -0.05) is 26.7 Å². The third kappa shape index (κ3) is 6.81. The number of benzene rings is 2. The summed E-state index contributed by atoms with van der Waals surface area (Å²) in [5.41, 5.74) is 1.36. The predicted octanol–water partition coefficient (Wildman–Crippen LogP) is 5.65. The Morgan fingerprint density at radius 2 is 1.63 bits per heavy atom. The molecule has 0 atom stereocenters. The Bertz CT molecular complexity index is 747. The Labute approximate surface area is 161 Å². The van der Waals surface area contributed by atoms with E-state index in [1.807, 2.05) is 18.2 Å². The van der Waals surface area contributed by atoms with E-state index in [1.54, 1.807) is 18.2 Å². The number of unbranched alkanes of at least 4 members (excludes halogenated alkanes) is 2. The van der Waals surface area contributed by atoms with Crippen LogP contribution in [0.25, 0.3) is 6.08 Å². The van der Waals surface area contributed by atoms with Crippen molar-refractivity contribution in [2.24, 2.45) is 0 Å². The standard InChI is InChI=1S/C23H28O4/c1-3-5-15-26-21-13-9-19(23(17-21)27-16-6-4-2)10-14-22(25)18-7-11-20(24)12-8-18/h7-14,17,24H,3-6,15-16H2,1-2H3/b14-10+. The minimum atomic E-state index is -0.127. The van der Waals surface area contributed by atoms with Gasteiger partial charge in [0.25, 0.3) is 0 Å². The highest BCUT2D eigenvalue weighted by atomic mass is 16.5. The van der Waals surface area contributed by atoms with Gasteiger partial charge in [-0.2, -0.15) is 0 Å². The monoisotopic (exact) mass is 368 g/mol. The molecule has 0 spiro atoms. The van der Waals surface area contributed by atoms with Crippen molar-refractivity contribution >= 4 is 11.9 Å². The molecule has 0 unspecified atom stereocenters. The summed E-state index contributed by atoms with van der Waals surface area (Å²) >= 11 is 0. The number of hydrogen-bond donors (Lipinski definition) is 1. The van der Waals surface area contributed by atoms with E-state index in [0.29, 0.717) is 24.5 Å². The predicted molar refractivity (Wildman–Crippen MR) is 109 cm³/mol. The Morgan fingerprint density at radius 1 is 0.963 bits per heavy atom. The molecule has 144 valence electrons. The molecule has 2 aromatic carbocycles. The molecule has 0 aliphatic rings. The summed E-state index contributed by atoms with van der Waals surface area (Å²) in [5.74, 6) is 1.50. The van der Waals surface area contributed by atoms with Crippen LogP contribution in [0.5, 0.6) is 17.2 Å². The maximum absolute atomic E-state index is 12.3. The van der Waals surface area contributed by atoms with E-state index in [1.165, 1.54) is 18.2 Å². The number of hydrogen-bond acceptors (Lipinski definition) is 4. The molecular formula is C23H28O4. The van der Waals surface area contributed by atoms with Crippen molar-refractivity contribution in [2.75, 3.05) is 13.2 Å². The maximum Gasteiger partial charge on any atom is 0.185 e. The zero-order valence-electron chi connectivity index (χ0n) is 16.1. The summed E-state index contributed by atoms with van der Waals surface area (Å²) in [6.45, 7) is 5.55. The maximum atomic E-state index is 12.3. The number of allylic oxidation sites excluding steroid dienone is 1. The summed E-state index contributed by atoms with van der Waals surface area (Å²) in [6, 6.07) is 11.9. The van der Waals surface area contributed by atoms with Gasteiger partial charge in [0.15, 0.2) is 5.78 Å². The van der Waals surface area contributed by atoms with Crippen molar-refractivity contribution in [1.82, 2.24) is 0 Å². The van der Waals surface area contributed by atoms with Crippen LogP contribution >= 0.6 is 0 Å². The molecule has 0 bridgehead atoms. The van der Waals surface area contributed by atoms with Gasteiger partial charge < -0.3 is 14.6 Å². The molecule has 0 saturated heterocycles. The largest absolute Gasteiger partial charge is 0.508 e. The molecule has 27 heavy (non-hydrogen) atoms. The number of carbonyl (C=O) groups is 1. The van der Waals surface area contributed by atoms with Crippen molar-refractivity contribution in [2.45, 2.75) is 39.5 Å². The van der Waals surface area contributed by atoms with Gasteiger partial charge in [-0.25, -0.2) is 0 Å². The summed E-state index contributed by atoms with van der Waals surface area (Å²) in [7, 11) is 0. The first-order valence-corrected chi connectivity index (χ1v) is 9.55. The lowest BCUT2D eigenvalue weighted by molar-refractivity contribution is 0.104. The zero-order chi connectivity index (χ0) is 19.5. The van der Waals surface area contributed by atoms with Gasteiger partial charge >= 0.3 is 0 Å². The van der Waals surface area contributed by atoms with Crippen LogP contribution in [0.2, 0.25) is 0 Å². The molecule has 0 heterocycles. The SMILES string of the molecule is CCCCOc1ccc(/C=C/C(=O)c2ccc(O)cc2)c(OCCCC)c1. The Hall–Kier alpha value is -2.75. The lowest BCUT2D eigenvalue weighted by Crippen LogP contribution is -2.01. The average molecular weight is 368 g/mol. The first-order valence-electron chi connectivity index (χ1n) is 9.55. The number of phenolic OH excluding ortho intramolecular Hbond substituents is 1. The second-order valence-corrected chi connectivity index (χ2v) is 6.35. The minimum Gasteiger partial charge on any atom is -0.508 e. The molecule has 2 aromatic rings. The second kappa shape index (κ2) is 11.1. The smallest absolute Gasteiger partial charge is 0.185 e. The van der Waals surface area contributed by atoms with Crippen LogP contribution in [0.4, 0.5) is 0 Å². The topological polar surface area (TPSA) is 55.8 Å². The van der Waals surface area contributed by atoms with Crippen molar-refractivity contribution < 1.29 is 19.4 Å². The van der Waals surface area contributed by atoms with E-state index in [9.17, 15) is 9.90 Å². The highest BCUT2D eigenvalue weighted by Gasteiger charge is 2.06.